The Morgan fingerprint density at radius 1 is 1.03 bits per heavy atom. The first-order valence-corrected chi connectivity index (χ1v) is 13.0. The van der Waals surface area contributed by atoms with Gasteiger partial charge in [0, 0.05) is 29.7 Å². The molecule has 1 N–H and O–H groups in total. The van der Waals surface area contributed by atoms with Crippen molar-refractivity contribution in [1.29, 1.82) is 0 Å². The molecule has 0 radical (unpaired) electrons. The van der Waals surface area contributed by atoms with Crippen molar-refractivity contribution >= 4 is 34.8 Å². The largest absolute Gasteiger partial charge is 0.461 e. The van der Waals surface area contributed by atoms with E-state index in [0.29, 0.717) is 35.5 Å². The summed E-state index contributed by atoms with van der Waals surface area (Å²) in [5.41, 5.74) is 2.25. The summed E-state index contributed by atoms with van der Waals surface area (Å²) in [6.07, 6.45) is 0. The van der Waals surface area contributed by atoms with Gasteiger partial charge in [-0.15, -0.1) is 11.3 Å². The second-order valence-corrected chi connectivity index (χ2v) is 9.65. The quantitative estimate of drug-likeness (QED) is 0.423. The first-order valence-electron chi connectivity index (χ1n) is 12.1. The van der Waals surface area contributed by atoms with Crippen molar-refractivity contribution in [2.75, 3.05) is 38.6 Å². The molecule has 0 saturated carbocycles. The van der Waals surface area contributed by atoms with Crippen molar-refractivity contribution < 1.29 is 19.1 Å². The molecule has 8 heteroatoms. The summed E-state index contributed by atoms with van der Waals surface area (Å²) in [6.45, 7) is 6.98. The number of thiophene rings is 1. The van der Waals surface area contributed by atoms with Gasteiger partial charge in [0.2, 0.25) is 5.91 Å². The van der Waals surface area contributed by atoms with E-state index in [1.807, 2.05) is 35.7 Å². The molecule has 1 aromatic heterocycles. The topological polar surface area (TPSA) is 79.0 Å². The number of esters is 1. The molecule has 36 heavy (non-hydrogen) atoms. The summed E-state index contributed by atoms with van der Waals surface area (Å²) in [4.78, 5) is 43.9. The van der Waals surface area contributed by atoms with Crippen LogP contribution in [0.25, 0.3) is 0 Å². The van der Waals surface area contributed by atoms with E-state index < -0.39 is 12.0 Å². The second kappa shape index (κ2) is 11.5. The maximum absolute atomic E-state index is 13.6. The molecule has 3 aromatic rings. The highest BCUT2D eigenvalue weighted by Gasteiger charge is 2.43. The second-order valence-electron chi connectivity index (χ2n) is 8.67. The van der Waals surface area contributed by atoms with Gasteiger partial charge in [0.1, 0.15) is 6.61 Å². The first kappa shape index (κ1) is 25.6. The lowest BCUT2D eigenvalue weighted by Crippen LogP contribution is -2.43. The number of hydrogen-bond donors (Lipinski definition) is 1. The lowest BCUT2D eigenvalue weighted by Gasteiger charge is -2.39. The van der Waals surface area contributed by atoms with E-state index in [1.54, 1.807) is 42.3 Å². The Bertz CT molecular complexity index is 1210. The Labute approximate surface area is 215 Å². The highest BCUT2D eigenvalue weighted by Crippen LogP contribution is 2.43. The summed E-state index contributed by atoms with van der Waals surface area (Å²) in [6, 6.07) is 17.4. The average Bonchev–Trinajstić information content (AvgIpc) is 3.43. The van der Waals surface area contributed by atoms with Crippen LogP contribution in [0.5, 0.6) is 0 Å². The molecule has 7 nitrogen and oxygen atoms in total. The van der Waals surface area contributed by atoms with E-state index in [2.05, 4.69) is 24.1 Å². The van der Waals surface area contributed by atoms with Crippen LogP contribution in [0.4, 0.5) is 5.69 Å². The molecule has 4 rings (SSSR count). The fraction of sp³-hybridized carbons (Fsp3) is 0.321. The molecule has 0 aliphatic carbocycles. The average molecular weight is 506 g/mol. The molecule has 1 aliphatic heterocycles. The van der Waals surface area contributed by atoms with Crippen LogP contribution >= 0.6 is 11.3 Å². The molecule has 188 valence electrons. The molecule has 2 amide bonds. The number of carbonyl (C=O) groups is 3. The standard InChI is InChI=1S/C28H31N3O4S/c1-4-31(5-2)16-17-35-28(34)19-12-14-20(15-13-19)29-26(32)24-21-9-6-7-10-22(21)27(33)30(3)25(24)23-11-8-18-36-23/h6-15,18,24-25H,4-5,16-17H2,1-3H3,(H,29,32)/t24-,25-/m1/s1. The number of amides is 2. The van der Waals surface area contributed by atoms with E-state index >= 15 is 0 Å². The maximum Gasteiger partial charge on any atom is 0.338 e. The predicted octanol–water partition coefficient (Wildman–Crippen LogP) is 4.80. The van der Waals surface area contributed by atoms with Crippen LogP contribution in [0.3, 0.4) is 0 Å². The number of likely N-dealkylation sites (N-methyl/N-ethyl adjacent to an activating group) is 2. The van der Waals surface area contributed by atoms with Gasteiger partial charge in [-0.3, -0.25) is 9.59 Å². The van der Waals surface area contributed by atoms with Crippen LogP contribution in [-0.4, -0.2) is 60.9 Å². The van der Waals surface area contributed by atoms with E-state index in [4.69, 9.17) is 4.74 Å². The van der Waals surface area contributed by atoms with Gasteiger partial charge < -0.3 is 19.9 Å². The van der Waals surface area contributed by atoms with E-state index in [1.165, 1.54) is 11.3 Å². The smallest absolute Gasteiger partial charge is 0.338 e. The third kappa shape index (κ3) is 5.34. The van der Waals surface area contributed by atoms with Gasteiger partial charge in [-0.05, 0) is 60.4 Å². The van der Waals surface area contributed by atoms with Gasteiger partial charge in [0.25, 0.3) is 5.91 Å². The van der Waals surface area contributed by atoms with E-state index in [9.17, 15) is 14.4 Å². The Morgan fingerprint density at radius 3 is 2.42 bits per heavy atom. The number of carbonyl (C=O) groups excluding carboxylic acids is 3. The molecule has 0 fully saturated rings. The van der Waals surface area contributed by atoms with Gasteiger partial charge in [-0.1, -0.05) is 38.1 Å². The fourth-order valence-electron chi connectivity index (χ4n) is 4.57. The van der Waals surface area contributed by atoms with Crippen molar-refractivity contribution in [3.8, 4) is 0 Å². The Morgan fingerprint density at radius 2 is 1.75 bits per heavy atom. The van der Waals surface area contributed by atoms with Gasteiger partial charge >= 0.3 is 5.97 Å². The van der Waals surface area contributed by atoms with Gasteiger partial charge in [-0.25, -0.2) is 4.79 Å². The fourth-order valence-corrected chi connectivity index (χ4v) is 5.48. The van der Waals surface area contributed by atoms with Gasteiger partial charge in [-0.2, -0.15) is 0 Å². The lowest BCUT2D eigenvalue weighted by molar-refractivity contribution is -0.119. The molecule has 0 bridgehead atoms. The van der Waals surface area contributed by atoms with Crippen LogP contribution in [0.2, 0.25) is 0 Å². The zero-order chi connectivity index (χ0) is 25.7. The minimum absolute atomic E-state index is 0.100. The number of nitrogens with zero attached hydrogens (tertiary/aromatic N) is 2. The van der Waals surface area contributed by atoms with Crippen LogP contribution in [0.1, 0.15) is 57.0 Å². The number of ether oxygens (including phenoxy) is 1. The van der Waals surface area contributed by atoms with Crippen LogP contribution < -0.4 is 5.32 Å². The number of benzene rings is 2. The molecule has 0 spiro atoms. The number of hydrogen-bond acceptors (Lipinski definition) is 6. The highest BCUT2D eigenvalue weighted by atomic mass is 32.1. The summed E-state index contributed by atoms with van der Waals surface area (Å²) in [5, 5.41) is 4.94. The predicted molar refractivity (Wildman–Crippen MR) is 141 cm³/mol. The van der Waals surface area contributed by atoms with Crippen molar-refractivity contribution in [2.24, 2.45) is 0 Å². The zero-order valence-corrected chi connectivity index (χ0v) is 21.6. The van der Waals surface area contributed by atoms with Gasteiger partial charge in [0.05, 0.1) is 17.5 Å². The van der Waals surface area contributed by atoms with Crippen LogP contribution in [0, 0.1) is 0 Å². The molecule has 2 aromatic carbocycles. The highest BCUT2D eigenvalue weighted by molar-refractivity contribution is 7.10. The lowest BCUT2D eigenvalue weighted by atomic mass is 9.81. The monoisotopic (exact) mass is 505 g/mol. The third-order valence-corrected chi connectivity index (χ3v) is 7.56. The molecule has 2 heterocycles. The van der Waals surface area contributed by atoms with Crippen LogP contribution in [-0.2, 0) is 9.53 Å². The summed E-state index contributed by atoms with van der Waals surface area (Å²) >= 11 is 1.53. The Balaban J connectivity index is 1.50. The van der Waals surface area contributed by atoms with Crippen LogP contribution in [0.15, 0.2) is 66.0 Å². The first-order chi connectivity index (χ1) is 17.4. The Kier molecular flexibility index (Phi) is 8.18. The van der Waals surface area contributed by atoms with Gasteiger partial charge in [0.15, 0.2) is 0 Å². The number of rotatable bonds is 9. The van der Waals surface area contributed by atoms with Crippen molar-refractivity contribution in [1.82, 2.24) is 9.80 Å². The normalized spacial score (nSPS) is 17.1. The van der Waals surface area contributed by atoms with Crippen molar-refractivity contribution in [3.05, 3.63) is 87.6 Å². The molecule has 2 atom stereocenters. The van der Waals surface area contributed by atoms with E-state index in [0.717, 1.165) is 18.0 Å². The molecule has 0 saturated heterocycles. The maximum atomic E-state index is 13.6. The van der Waals surface area contributed by atoms with E-state index in [-0.39, 0.29) is 17.8 Å². The summed E-state index contributed by atoms with van der Waals surface area (Å²) in [5.74, 6) is -1.28. The molecule has 0 unspecified atom stereocenters. The third-order valence-electron chi connectivity index (χ3n) is 6.62. The number of fused-ring (bicyclic) bond motifs is 1. The SMILES string of the molecule is CCN(CC)CCOC(=O)c1ccc(NC(=O)[C@@H]2c3ccccc3C(=O)N(C)[C@@H]2c2cccs2)cc1. The number of anilines is 1. The van der Waals surface area contributed by atoms with Crippen molar-refractivity contribution in [2.45, 2.75) is 25.8 Å². The Hall–Kier alpha value is -3.49. The molecular formula is C28H31N3O4S. The summed E-state index contributed by atoms with van der Waals surface area (Å²) < 4.78 is 5.39. The minimum Gasteiger partial charge on any atom is -0.461 e. The molecular weight excluding hydrogens is 474 g/mol. The molecule has 1 aliphatic rings. The minimum atomic E-state index is -0.577. The van der Waals surface area contributed by atoms with Crippen molar-refractivity contribution in [3.63, 3.8) is 0 Å². The zero-order valence-electron chi connectivity index (χ0n) is 20.8. The summed E-state index contributed by atoms with van der Waals surface area (Å²) in [7, 11) is 1.74. The number of nitrogens with one attached hydrogen (secondary N) is 1.